The summed E-state index contributed by atoms with van der Waals surface area (Å²) >= 11 is 0. The van der Waals surface area contributed by atoms with E-state index >= 15 is 0 Å². The largest absolute Gasteiger partial charge is 0.480 e. The summed E-state index contributed by atoms with van der Waals surface area (Å²) in [5.41, 5.74) is 1.10. The third-order valence-electron chi connectivity index (χ3n) is 3.32. The van der Waals surface area contributed by atoms with E-state index in [0.29, 0.717) is 6.42 Å². The maximum atomic E-state index is 11.8. The fourth-order valence-electron chi connectivity index (χ4n) is 2.39. The van der Waals surface area contributed by atoms with Crippen LogP contribution in [0, 0.1) is 0 Å². The Hall–Kier alpha value is -1.84. The zero-order chi connectivity index (χ0) is 12.4. The summed E-state index contributed by atoms with van der Waals surface area (Å²) < 4.78 is 0. The highest BCUT2D eigenvalue weighted by Crippen LogP contribution is 2.33. The zero-order valence-corrected chi connectivity index (χ0v) is 9.67. The summed E-state index contributed by atoms with van der Waals surface area (Å²) in [5.74, 6) is -0.935. The first-order valence-corrected chi connectivity index (χ1v) is 5.66. The lowest BCUT2D eigenvalue weighted by Gasteiger charge is -2.23. The van der Waals surface area contributed by atoms with Crippen LogP contribution < -0.4 is 0 Å². The van der Waals surface area contributed by atoms with E-state index in [1.165, 1.54) is 4.90 Å². The molecule has 1 aromatic carbocycles. The van der Waals surface area contributed by atoms with Crippen LogP contribution in [0.5, 0.6) is 0 Å². The fourth-order valence-corrected chi connectivity index (χ4v) is 2.39. The van der Waals surface area contributed by atoms with Crippen molar-refractivity contribution in [3.05, 3.63) is 35.9 Å². The summed E-state index contributed by atoms with van der Waals surface area (Å²) in [6, 6.07) is 9.72. The number of nitrogens with zero attached hydrogens (tertiary/aromatic N) is 1. The van der Waals surface area contributed by atoms with Crippen molar-refractivity contribution in [2.24, 2.45) is 0 Å². The molecule has 2 atom stereocenters. The number of benzene rings is 1. The SMILES string of the molecule is C[C@H]1[C@@H](c2ccccc2)CC(=O)N1CC(=O)O. The molecular weight excluding hydrogens is 218 g/mol. The molecule has 0 aromatic heterocycles. The van der Waals surface area contributed by atoms with Crippen LogP contribution >= 0.6 is 0 Å². The summed E-state index contributed by atoms with van der Waals surface area (Å²) in [6.45, 7) is 1.70. The van der Waals surface area contributed by atoms with Gasteiger partial charge in [0.25, 0.3) is 0 Å². The molecule has 1 amide bonds. The van der Waals surface area contributed by atoms with Crippen LogP contribution in [0.3, 0.4) is 0 Å². The average Bonchev–Trinajstić information content (AvgIpc) is 2.58. The van der Waals surface area contributed by atoms with Crippen LogP contribution in [0.1, 0.15) is 24.8 Å². The molecule has 4 heteroatoms. The van der Waals surface area contributed by atoms with Crippen molar-refractivity contribution in [3.63, 3.8) is 0 Å². The Kier molecular flexibility index (Phi) is 3.13. The summed E-state index contributed by atoms with van der Waals surface area (Å²) in [6.07, 6.45) is 0.401. The number of carbonyl (C=O) groups is 2. The van der Waals surface area contributed by atoms with E-state index in [4.69, 9.17) is 5.11 Å². The van der Waals surface area contributed by atoms with Crippen molar-refractivity contribution in [2.45, 2.75) is 25.3 Å². The van der Waals surface area contributed by atoms with E-state index in [0.717, 1.165) is 5.56 Å². The maximum Gasteiger partial charge on any atom is 0.323 e. The standard InChI is InChI=1S/C13H15NO3/c1-9-11(10-5-3-2-4-6-10)7-12(15)14(9)8-13(16)17/h2-6,9,11H,7-8H2,1H3,(H,16,17)/t9-,11-/m0/s1. The van der Waals surface area contributed by atoms with Gasteiger partial charge in [-0.2, -0.15) is 0 Å². The second kappa shape index (κ2) is 4.57. The lowest BCUT2D eigenvalue weighted by Crippen LogP contribution is -2.36. The number of aliphatic carboxylic acids is 1. The minimum absolute atomic E-state index is 0.0546. The van der Waals surface area contributed by atoms with E-state index in [1.807, 2.05) is 37.3 Å². The number of carboxylic acids is 1. The quantitative estimate of drug-likeness (QED) is 0.860. The number of carbonyl (C=O) groups excluding carboxylic acids is 1. The van der Waals surface area contributed by atoms with Crippen LogP contribution in [-0.4, -0.2) is 34.5 Å². The predicted molar refractivity (Wildman–Crippen MR) is 62.6 cm³/mol. The summed E-state index contributed by atoms with van der Waals surface area (Å²) in [7, 11) is 0. The first kappa shape index (κ1) is 11.6. The number of carboxylic acid groups (broad SMARTS) is 1. The first-order valence-electron chi connectivity index (χ1n) is 5.66. The van der Waals surface area contributed by atoms with E-state index in [-0.39, 0.29) is 24.4 Å². The molecule has 2 rings (SSSR count). The van der Waals surface area contributed by atoms with Gasteiger partial charge in [0.2, 0.25) is 5.91 Å². The molecule has 4 nitrogen and oxygen atoms in total. The van der Waals surface area contributed by atoms with Gasteiger partial charge in [-0.25, -0.2) is 0 Å². The molecule has 1 aromatic rings. The Balaban J connectivity index is 2.18. The van der Waals surface area contributed by atoms with Gasteiger partial charge in [-0.05, 0) is 12.5 Å². The Bertz CT molecular complexity index is 430. The van der Waals surface area contributed by atoms with Crippen molar-refractivity contribution in [2.75, 3.05) is 6.54 Å². The molecule has 0 bridgehead atoms. The van der Waals surface area contributed by atoms with Gasteiger partial charge in [-0.1, -0.05) is 30.3 Å². The number of rotatable bonds is 3. The lowest BCUT2D eigenvalue weighted by molar-refractivity contribution is -0.143. The molecule has 1 fully saturated rings. The Morgan fingerprint density at radius 3 is 2.65 bits per heavy atom. The second-order valence-electron chi connectivity index (χ2n) is 4.38. The average molecular weight is 233 g/mol. The monoisotopic (exact) mass is 233 g/mol. The van der Waals surface area contributed by atoms with Crippen LogP contribution in [0.2, 0.25) is 0 Å². The molecule has 1 aliphatic heterocycles. The molecule has 90 valence electrons. The molecule has 1 N–H and O–H groups in total. The maximum absolute atomic E-state index is 11.8. The lowest BCUT2D eigenvalue weighted by atomic mass is 9.93. The van der Waals surface area contributed by atoms with E-state index < -0.39 is 5.97 Å². The Labute approximate surface area is 99.9 Å². The van der Waals surface area contributed by atoms with Crippen LogP contribution in [0.25, 0.3) is 0 Å². The molecule has 0 unspecified atom stereocenters. The van der Waals surface area contributed by atoms with Gasteiger partial charge in [0, 0.05) is 18.4 Å². The minimum Gasteiger partial charge on any atom is -0.480 e. The molecular formula is C13H15NO3. The van der Waals surface area contributed by atoms with Gasteiger partial charge in [0.05, 0.1) is 0 Å². The molecule has 0 aliphatic carbocycles. The molecule has 1 heterocycles. The van der Waals surface area contributed by atoms with Gasteiger partial charge in [0.1, 0.15) is 6.54 Å². The van der Waals surface area contributed by atoms with Crippen molar-refractivity contribution in [1.82, 2.24) is 4.90 Å². The second-order valence-corrected chi connectivity index (χ2v) is 4.38. The molecule has 0 radical (unpaired) electrons. The number of likely N-dealkylation sites (tertiary alicyclic amines) is 1. The predicted octanol–water partition coefficient (Wildman–Crippen LogP) is 1.48. The normalized spacial score (nSPS) is 24.1. The molecule has 0 spiro atoms. The van der Waals surface area contributed by atoms with Crippen LogP contribution in [-0.2, 0) is 9.59 Å². The highest BCUT2D eigenvalue weighted by molar-refractivity contribution is 5.84. The molecule has 0 saturated carbocycles. The van der Waals surface area contributed by atoms with Crippen LogP contribution in [0.15, 0.2) is 30.3 Å². The number of amides is 1. The van der Waals surface area contributed by atoms with Crippen molar-refractivity contribution in [1.29, 1.82) is 0 Å². The third-order valence-corrected chi connectivity index (χ3v) is 3.32. The fraction of sp³-hybridized carbons (Fsp3) is 0.385. The topological polar surface area (TPSA) is 57.6 Å². The Morgan fingerprint density at radius 1 is 1.41 bits per heavy atom. The van der Waals surface area contributed by atoms with Crippen LogP contribution in [0.4, 0.5) is 0 Å². The third kappa shape index (κ3) is 2.30. The van der Waals surface area contributed by atoms with Crippen molar-refractivity contribution < 1.29 is 14.7 Å². The van der Waals surface area contributed by atoms with E-state index in [9.17, 15) is 9.59 Å². The van der Waals surface area contributed by atoms with E-state index in [2.05, 4.69) is 0 Å². The Morgan fingerprint density at radius 2 is 2.06 bits per heavy atom. The number of hydrogen-bond acceptors (Lipinski definition) is 2. The summed E-state index contributed by atoms with van der Waals surface area (Å²) in [4.78, 5) is 23.9. The molecule has 17 heavy (non-hydrogen) atoms. The van der Waals surface area contributed by atoms with Gasteiger partial charge in [-0.3, -0.25) is 9.59 Å². The highest BCUT2D eigenvalue weighted by Gasteiger charge is 2.38. The molecule has 1 aliphatic rings. The van der Waals surface area contributed by atoms with Crippen molar-refractivity contribution >= 4 is 11.9 Å². The van der Waals surface area contributed by atoms with Gasteiger partial charge in [-0.15, -0.1) is 0 Å². The van der Waals surface area contributed by atoms with Gasteiger partial charge in [0.15, 0.2) is 0 Å². The smallest absolute Gasteiger partial charge is 0.323 e. The molecule has 1 saturated heterocycles. The summed E-state index contributed by atoms with van der Waals surface area (Å²) in [5, 5.41) is 8.77. The van der Waals surface area contributed by atoms with Gasteiger partial charge < -0.3 is 10.0 Å². The van der Waals surface area contributed by atoms with E-state index in [1.54, 1.807) is 0 Å². The highest BCUT2D eigenvalue weighted by atomic mass is 16.4. The number of hydrogen-bond donors (Lipinski definition) is 1. The minimum atomic E-state index is -0.959. The zero-order valence-electron chi connectivity index (χ0n) is 9.67. The van der Waals surface area contributed by atoms with Crippen molar-refractivity contribution in [3.8, 4) is 0 Å². The van der Waals surface area contributed by atoms with Gasteiger partial charge >= 0.3 is 5.97 Å². The first-order chi connectivity index (χ1) is 8.09.